The lowest BCUT2D eigenvalue weighted by Gasteiger charge is -2.26. The fraction of sp³-hybridized carbons (Fsp3) is 0.333. The smallest absolute Gasteiger partial charge is 0.414 e. The molecule has 0 spiro atoms. The van der Waals surface area contributed by atoms with Gasteiger partial charge >= 0.3 is 12.1 Å². The number of nitrogens with zero attached hydrogens (tertiary/aromatic N) is 1. The number of carbonyl (C=O) groups excluding carboxylic acids is 1. The van der Waals surface area contributed by atoms with Crippen molar-refractivity contribution >= 4 is 17.7 Å². The van der Waals surface area contributed by atoms with Crippen LogP contribution in [-0.4, -0.2) is 29.8 Å². The number of hydrogen-bond donors (Lipinski definition) is 1. The van der Waals surface area contributed by atoms with Gasteiger partial charge in [-0.05, 0) is 44.4 Å². The van der Waals surface area contributed by atoms with E-state index < -0.39 is 17.7 Å². The molecule has 2 aromatic carbocycles. The molecule has 2 rings (SSSR count). The molecular weight excluding hydrogens is 330 g/mol. The maximum absolute atomic E-state index is 12.5. The highest BCUT2D eigenvalue weighted by Crippen LogP contribution is 2.32. The average Bonchev–Trinajstić information content (AvgIpc) is 2.58. The van der Waals surface area contributed by atoms with Gasteiger partial charge in [0.25, 0.3) is 0 Å². The maximum Gasteiger partial charge on any atom is 0.414 e. The molecule has 0 atom stereocenters. The molecule has 0 aliphatic carbocycles. The van der Waals surface area contributed by atoms with E-state index in [0.717, 1.165) is 16.7 Å². The Labute approximate surface area is 154 Å². The second-order valence-electron chi connectivity index (χ2n) is 7.15. The van der Waals surface area contributed by atoms with Crippen molar-refractivity contribution in [2.75, 3.05) is 11.9 Å². The molecule has 0 unspecified atom stereocenters. The van der Waals surface area contributed by atoms with Gasteiger partial charge in [0.15, 0.2) is 0 Å². The van der Waals surface area contributed by atoms with Crippen LogP contribution in [0.3, 0.4) is 0 Å². The number of carboxylic acid groups (broad SMARTS) is 1. The molecule has 0 heterocycles. The predicted octanol–water partition coefficient (Wildman–Crippen LogP) is 4.74. The lowest BCUT2D eigenvalue weighted by Crippen LogP contribution is -2.34. The van der Waals surface area contributed by atoms with Gasteiger partial charge in [-0.3, -0.25) is 9.69 Å². The Balaban J connectivity index is 2.42. The summed E-state index contributed by atoms with van der Waals surface area (Å²) in [5.74, 6) is -0.848. The van der Waals surface area contributed by atoms with Crippen molar-refractivity contribution in [3.05, 3.63) is 54.1 Å². The van der Waals surface area contributed by atoms with Gasteiger partial charge in [-0.15, -0.1) is 0 Å². The van der Waals surface area contributed by atoms with Gasteiger partial charge in [0, 0.05) is 19.0 Å². The second kappa shape index (κ2) is 8.04. The molecule has 5 nitrogen and oxygen atoms in total. The van der Waals surface area contributed by atoms with Crippen molar-refractivity contribution < 1.29 is 19.4 Å². The number of aliphatic carboxylic acids is 1. The first-order valence-corrected chi connectivity index (χ1v) is 8.54. The average molecular weight is 355 g/mol. The number of benzene rings is 2. The molecule has 0 aliphatic heterocycles. The first-order valence-electron chi connectivity index (χ1n) is 8.54. The fourth-order valence-corrected chi connectivity index (χ4v) is 2.55. The van der Waals surface area contributed by atoms with E-state index in [1.807, 2.05) is 69.3 Å². The Morgan fingerprint density at radius 2 is 1.73 bits per heavy atom. The van der Waals surface area contributed by atoms with Crippen molar-refractivity contribution in [2.45, 2.75) is 39.2 Å². The minimum atomic E-state index is -0.848. The Hall–Kier alpha value is -2.82. The Bertz CT molecular complexity index is 778. The first-order chi connectivity index (χ1) is 12.2. The molecule has 1 N–H and O–H groups in total. The van der Waals surface area contributed by atoms with Gasteiger partial charge in [-0.1, -0.05) is 42.5 Å². The normalized spacial score (nSPS) is 11.1. The van der Waals surface area contributed by atoms with Crippen LogP contribution in [0.5, 0.6) is 0 Å². The summed E-state index contributed by atoms with van der Waals surface area (Å²) in [7, 11) is 1.66. The molecule has 0 saturated carbocycles. The molecule has 2 aromatic rings. The zero-order chi connectivity index (χ0) is 19.3. The number of ether oxygens (including phenoxy) is 1. The van der Waals surface area contributed by atoms with Crippen molar-refractivity contribution in [2.24, 2.45) is 0 Å². The van der Waals surface area contributed by atoms with Crippen LogP contribution in [0.4, 0.5) is 10.5 Å². The van der Waals surface area contributed by atoms with Crippen molar-refractivity contribution in [1.29, 1.82) is 0 Å². The third-order valence-electron chi connectivity index (χ3n) is 3.80. The summed E-state index contributed by atoms with van der Waals surface area (Å²) < 4.78 is 5.48. The predicted molar refractivity (Wildman–Crippen MR) is 102 cm³/mol. The highest BCUT2D eigenvalue weighted by atomic mass is 16.6. The zero-order valence-corrected chi connectivity index (χ0v) is 15.7. The standard InChI is InChI=1S/C21H25NO4/c1-21(2,3)26-20(25)22(4)18-14-15(11-13-19(23)24)10-12-17(18)16-8-6-5-7-9-16/h5-10,12,14H,11,13H2,1-4H3,(H,23,24). The summed E-state index contributed by atoms with van der Waals surface area (Å²) in [6.07, 6.45) is -0.00936. The maximum atomic E-state index is 12.5. The van der Waals surface area contributed by atoms with Crippen molar-refractivity contribution in [1.82, 2.24) is 0 Å². The molecule has 0 radical (unpaired) electrons. The summed E-state index contributed by atoms with van der Waals surface area (Å²) in [6.45, 7) is 5.46. The van der Waals surface area contributed by atoms with Crippen LogP contribution >= 0.6 is 0 Å². The number of aryl methyl sites for hydroxylation is 1. The van der Waals surface area contributed by atoms with Crippen LogP contribution in [0, 0.1) is 0 Å². The van der Waals surface area contributed by atoms with Gasteiger partial charge in [0.05, 0.1) is 5.69 Å². The van der Waals surface area contributed by atoms with Crippen LogP contribution in [0.25, 0.3) is 11.1 Å². The zero-order valence-electron chi connectivity index (χ0n) is 15.7. The minimum absolute atomic E-state index is 0.0419. The highest BCUT2D eigenvalue weighted by molar-refractivity contribution is 5.93. The van der Waals surface area contributed by atoms with E-state index >= 15 is 0 Å². The number of rotatable bonds is 5. The van der Waals surface area contributed by atoms with E-state index in [9.17, 15) is 9.59 Å². The minimum Gasteiger partial charge on any atom is -0.481 e. The Kier molecular flexibility index (Phi) is 6.03. The molecule has 0 bridgehead atoms. The van der Waals surface area contributed by atoms with E-state index in [0.29, 0.717) is 12.1 Å². The third-order valence-corrected chi connectivity index (χ3v) is 3.80. The molecular formula is C21H25NO4. The van der Waals surface area contributed by atoms with Gasteiger partial charge in [0.1, 0.15) is 5.60 Å². The lowest BCUT2D eigenvalue weighted by molar-refractivity contribution is -0.136. The van der Waals surface area contributed by atoms with Gasteiger partial charge in [-0.25, -0.2) is 4.79 Å². The fourth-order valence-electron chi connectivity index (χ4n) is 2.55. The van der Waals surface area contributed by atoms with Crippen LogP contribution in [0.2, 0.25) is 0 Å². The summed E-state index contributed by atoms with van der Waals surface area (Å²) >= 11 is 0. The second-order valence-corrected chi connectivity index (χ2v) is 7.15. The van der Waals surface area contributed by atoms with Gasteiger partial charge < -0.3 is 9.84 Å². The number of carboxylic acids is 1. The SMILES string of the molecule is CN(C(=O)OC(C)(C)C)c1cc(CCC(=O)O)ccc1-c1ccccc1. The van der Waals surface area contributed by atoms with Crippen molar-refractivity contribution in [3.8, 4) is 11.1 Å². The molecule has 0 saturated heterocycles. The van der Waals surface area contributed by atoms with E-state index in [2.05, 4.69) is 0 Å². The number of anilines is 1. The highest BCUT2D eigenvalue weighted by Gasteiger charge is 2.23. The summed E-state index contributed by atoms with van der Waals surface area (Å²) in [5, 5.41) is 8.92. The van der Waals surface area contributed by atoms with Crippen LogP contribution in [0.1, 0.15) is 32.8 Å². The number of carbonyl (C=O) groups is 2. The van der Waals surface area contributed by atoms with Gasteiger partial charge in [0.2, 0.25) is 0 Å². The van der Waals surface area contributed by atoms with E-state index in [-0.39, 0.29) is 6.42 Å². The topological polar surface area (TPSA) is 66.8 Å². The molecule has 5 heteroatoms. The lowest BCUT2D eigenvalue weighted by atomic mass is 9.99. The Morgan fingerprint density at radius 3 is 2.31 bits per heavy atom. The van der Waals surface area contributed by atoms with E-state index in [4.69, 9.17) is 9.84 Å². The summed E-state index contributed by atoms with van der Waals surface area (Å²) in [5.41, 5.74) is 2.81. The third kappa shape index (κ3) is 5.34. The Morgan fingerprint density at radius 1 is 1.08 bits per heavy atom. The quantitative estimate of drug-likeness (QED) is 0.841. The summed E-state index contributed by atoms with van der Waals surface area (Å²) in [6, 6.07) is 15.4. The van der Waals surface area contributed by atoms with Crippen LogP contribution < -0.4 is 4.90 Å². The van der Waals surface area contributed by atoms with Crippen LogP contribution in [0.15, 0.2) is 48.5 Å². The summed E-state index contributed by atoms with van der Waals surface area (Å²) in [4.78, 5) is 24.9. The van der Waals surface area contributed by atoms with Crippen molar-refractivity contribution in [3.63, 3.8) is 0 Å². The van der Waals surface area contributed by atoms with E-state index in [1.54, 1.807) is 7.05 Å². The molecule has 1 amide bonds. The molecule has 0 aliphatic rings. The van der Waals surface area contributed by atoms with E-state index in [1.165, 1.54) is 4.90 Å². The molecule has 0 fully saturated rings. The molecule has 26 heavy (non-hydrogen) atoms. The first kappa shape index (κ1) is 19.5. The largest absolute Gasteiger partial charge is 0.481 e. The molecule has 138 valence electrons. The molecule has 0 aromatic heterocycles. The number of hydrogen-bond acceptors (Lipinski definition) is 3. The number of amides is 1. The van der Waals surface area contributed by atoms with Gasteiger partial charge in [-0.2, -0.15) is 0 Å². The monoisotopic (exact) mass is 355 g/mol. The van der Waals surface area contributed by atoms with Crippen LogP contribution in [-0.2, 0) is 16.0 Å².